The van der Waals surface area contributed by atoms with Crippen LogP contribution in [0.15, 0.2) is 29.2 Å². The van der Waals surface area contributed by atoms with Crippen LogP contribution in [-0.2, 0) is 21.2 Å². The second-order valence-electron chi connectivity index (χ2n) is 5.75. The number of nitrogens with one attached hydrogen (secondary N) is 2. The van der Waals surface area contributed by atoms with Crippen LogP contribution in [-0.4, -0.2) is 49.0 Å². The van der Waals surface area contributed by atoms with Crippen molar-refractivity contribution in [2.45, 2.75) is 25.2 Å². The van der Waals surface area contributed by atoms with Gasteiger partial charge in [-0.1, -0.05) is 23.7 Å². The third kappa shape index (κ3) is 4.81. The zero-order valence-corrected chi connectivity index (χ0v) is 15.9. The quantitative estimate of drug-likeness (QED) is 0.758. The second kappa shape index (κ2) is 7.99. The molecule has 136 valence electrons. The lowest BCUT2D eigenvalue weighted by Gasteiger charge is -2.17. The number of aryl methyl sites for hydroxylation is 2. The maximum absolute atomic E-state index is 12.6. The maximum Gasteiger partial charge on any atom is 0.246 e. The molecule has 0 fully saturated rings. The van der Waals surface area contributed by atoms with Gasteiger partial charge in [0.1, 0.15) is 4.90 Å². The van der Waals surface area contributed by atoms with Crippen molar-refractivity contribution in [1.82, 2.24) is 19.8 Å². The van der Waals surface area contributed by atoms with E-state index in [-0.39, 0.29) is 17.3 Å². The zero-order chi connectivity index (χ0) is 18.6. The molecule has 1 aromatic heterocycles. The van der Waals surface area contributed by atoms with Crippen molar-refractivity contribution < 1.29 is 13.2 Å². The largest absolute Gasteiger partial charge is 0.355 e. The molecule has 2 aromatic rings. The van der Waals surface area contributed by atoms with Crippen molar-refractivity contribution in [1.29, 1.82) is 0 Å². The molecule has 0 aliphatic carbocycles. The number of rotatable bonds is 7. The molecule has 0 atom stereocenters. The summed E-state index contributed by atoms with van der Waals surface area (Å²) in [5.41, 5.74) is 1.83. The fraction of sp³-hybridized carbons (Fsp3) is 0.375. The standard InChI is InChI=1S/C16H21ClN4O3S/c1-11-16(12(2)20-19-11)25(23,24)21(3)10-15(22)18-8-7-13-5-4-6-14(17)9-13/h4-6,9H,7-8,10H2,1-3H3,(H,18,22)(H,19,20). The fourth-order valence-corrected chi connectivity index (χ4v) is 4.12. The van der Waals surface area contributed by atoms with E-state index in [1.165, 1.54) is 7.05 Å². The van der Waals surface area contributed by atoms with Gasteiger partial charge < -0.3 is 5.32 Å². The van der Waals surface area contributed by atoms with Gasteiger partial charge in [0.15, 0.2) is 0 Å². The van der Waals surface area contributed by atoms with Crippen LogP contribution in [0.4, 0.5) is 0 Å². The van der Waals surface area contributed by atoms with Crippen LogP contribution in [0.5, 0.6) is 0 Å². The van der Waals surface area contributed by atoms with E-state index in [2.05, 4.69) is 15.5 Å². The highest BCUT2D eigenvalue weighted by molar-refractivity contribution is 7.89. The Morgan fingerprint density at radius 3 is 2.68 bits per heavy atom. The molecule has 9 heteroatoms. The van der Waals surface area contributed by atoms with Gasteiger partial charge in [-0.25, -0.2) is 8.42 Å². The van der Waals surface area contributed by atoms with E-state index in [1.54, 1.807) is 19.9 Å². The number of benzene rings is 1. The van der Waals surface area contributed by atoms with Crippen molar-refractivity contribution in [3.05, 3.63) is 46.2 Å². The highest BCUT2D eigenvalue weighted by atomic mass is 35.5. The number of amides is 1. The van der Waals surface area contributed by atoms with Gasteiger partial charge in [0.2, 0.25) is 15.9 Å². The molecule has 0 spiro atoms. The van der Waals surface area contributed by atoms with Gasteiger partial charge in [-0.15, -0.1) is 0 Å². The summed E-state index contributed by atoms with van der Waals surface area (Å²) in [6.45, 7) is 3.37. The molecule has 0 saturated heterocycles. The van der Waals surface area contributed by atoms with Gasteiger partial charge in [0.05, 0.1) is 17.9 Å². The summed E-state index contributed by atoms with van der Waals surface area (Å²) in [4.78, 5) is 12.1. The lowest BCUT2D eigenvalue weighted by molar-refractivity contribution is -0.121. The number of carbonyl (C=O) groups excluding carboxylic acids is 1. The third-order valence-electron chi connectivity index (χ3n) is 3.72. The number of aromatic amines is 1. The van der Waals surface area contributed by atoms with Crippen molar-refractivity contribution >= 4 is 27.5 Å². The predicted octanol–water partition coefficient (Wildman–Crippen LogP) is 1.66. The van der Waals surface area contributed by atoms with Gasteiger partial charge in [0, 0.05) is 18.6 Å². The molecule has 7 nitrogen and oxygen atoms in total. The van der Waals surface area contributed by atoms with E-state index < -0.39 is 10.0 Å². The number of sulfonamides is 1. The van der Waals surface area contributed by atoms with Gasteiger partial charge >= 0.3 is 0 Å². The van der Waals surface area contributed by atoms with Gasteiger partial charge in [-0.05, 0) is 38.0 Å². The number of hydrogen-bond acceptors (Lipinski definition) is 4. The number of hydrogen-bond donors (Lipinski definition) is 2. The normalized spacial score (nSPS) is 11.7. The molecule has 1 amide bonds. The highest BCUT2D eigenvalue weighted by Crippen LogP contribution is 2.20. The average Bonchev–Trinajstić information content (AvgIpc) is 2.86. The molecular weight excluding hydrogens is 364 g/mol. The van der Waals surface area contributed by atoms with Crippen molar-refractivity contribution in [2.24, 2.45) is 0 Å². The Bertz CT molecular complexity index is 845. The summed E-state index contributed by atoms with van der Waals surface area (Å²) < 4.78 is 26.2. The van der Waals surface area contributed by atoms with Crippen molar-refractivity contribution in [2.75, 3.05) is 20.1 Å². The van der Waals surface area contributed by atoms with Crippen LogP contribution < -0.4 is 5.32 Å². The monoisotopic (exact) mass is 384 g/mol. The molecule has 2 rings (SSSR count). The first-order valence-electron chi connectivity index (χ1n) is 7.71. The van der Waals surface area contributed by atoms with Gasteiger partial charge in [-0.2, -0.15) is 9.40 Å². The minimum absolute atomic E-state index is 0.113. The topological polar surface area (TPSA) is 95.2 Å². The molecule has 25 heavy (non-hydrogen) atoms. The third-order valence-corrected chi connectivity index (χ3v) is 6.02. The molecule has 0 aliphatic rings. The van der Waals surface area contributed by atoms with Crippen molar-refractivity contribution in [3.8, 4) is 0 Å². The van der Waals surface area contributed by atoms with E-state index in [0.29, 0.717) is 29.4 Å². The van der Waals surface area contributed by atoms with Crippen LogP contribution in [0, 0.1) is 13.8 Å². The predicted molar refractivity (Wildman–Crippen MR) is 96.0 cm³/mol. The average molecular weight is 385 g/mol. The molecule has 1 heterocycles. The van der Waals surface area contributed by atoms with Gasteiger partial charge in [0.25, 0.3) is 0 Å². The Hall–Kier alpha value is -1.90. The van der Waals surface area contributed by atoms with E-state index in [4.69, 9.17) is 11.6 Å². The van der Waals surface area contributed by atoms with E-state index >= 15 is 0 Å². The summed E-state index contributed by atoms with van der Waals surface area (Å²) in [6, 6.07) is 7.37. The highest BCUT2D eigenvalue weighted by Gasteiger charge is 2.28. The second-order valence-corrected chi connectivity index (χ2v) is 8.17. The van der Waals surface area contributed by atoms with Crippen molar-refractivity contribution in [3.63, 3.8) is 0 Å². The van der Waals surface area contributed by atoms with Crippen LogP contribution in [0.1, 0.15) is 17.0 Å². The lowest BCUT2D eigenvalue weighted by atomic mass is 10.1. The molecule has 2 N–H and O–H groups in total. The number of aromatic nitrogens is 2. The zero-order valence-electron chi connectivity index (χ0n) is 14.3. The van der Waals surface area contributed by atoms with Gasteiger partial charge in [-0.3, -0.25) is 9.89 Å². The maximum atomic E-state index is 12.6. The summed E-state index contributed by atoms with van der Waals surface area (Å²) in [5, 5.41) is 9.89. The first-order valence-corrected chi connectivity index (χ1v) is 9.52. The Balaban J connectivity index is 1.91. The molecule has 0 bridgehead atoms. The summed E-state index contributed by atoms with van der Waals surface area (Å²) in [7, 11) is -2.40. The van der Waals surface area contributed by atoms with Crippen LogP contribution >= 0.6 is 11.6 Å². The number of likely N-dealkylation sites (N-methyl/N-ethyl adjacent to an activating group) is 1. The minimum Gasteiger partial charge on any atom is -0.355 e. The van der Waals surface area contributed by atoms with E-state index in [1.807, 2.05) is 18.2 Å². The SMILES string of the molecule is Cc1n[nH]c(C)c1S(=O)(=O)N(C)CC(=O)NCCc1cccc(Cl)c1. The van der Waals surface area contributed by atoms with E-state index in [9.17, 15) is 13.2 Å². The summed E-state index contributed by atoms with van der Waals surface area (Å²) >= 11 is 5.91. The molecule has 0 radical (unpaired) electrons. The Labute approximate surface area is 152 Å². The number of nitrogens with zero attached hydrogens (tertiary/aromatic N) is 2. The number of H-pyrrole nitrogens is 1. The Kier molecular flexibility index (Phi) is 6.21. The minimum atomic E-state index is -3.77. The molecule has 0 saturated carbocycles. The molecule has 0 unspecified atom stereocenters. The first-order chi connectivity index (χ1) is 11.7. The van der Waals surface area contributed by atoms with Crippen LogP contribution in [0.25, 0.3) is 0 Å². The van der Waals surface area contributed by atoms with Crippen LogP contribution in [0.2, 0.25) is 5.02 Å². The summed E-state index contributed by atoms with van der Waals surface area (Å²) in [6.07, 6.45) is 0.614. The van der Waals surface area contributed by atoms with Crippen LogP contribution in [0.3, 0.4) is 0 Å². The number of carbonyl (C=O) groups is 1. The van der Waals surface area contributed by atoms with E-state index in [0.717, 1.165) is 9.87 Å². The smallest absolute Gasteiger partial charge is 0.246 e. The Morgan fingerprint density at radius 2 is 2.08 bits per heavy atom. The molecular formula is C16H21ClN4O3S. The number of halogens is 1. The summed E-state index contributed by atoms with van der Waals surface area (Å²) in [5.74, 6) is -0.369. The Morgan fingerprint density at radius 1 is 1.36 bits per heavy atom. The molecule has 1 aromatic carbocycles. The molecule has 0 aliphatic heterocycles. The lowest BCUT2D eigenvalue weighted by Crippen LogP contribution is -2.39. The fourth-order valence-electron chi connectivity index (χ4n) is 2.46. The first kappa shape index (κ1) is 19.4.